The minimum Gasteiger partial charge on any atom is -0.486 e. The van der Waals surface area contributed by atoms with Crippen molar-refractivity contribution in [1.29, 1.82) is 0 Å². The molecule has 1 aromatic rings. The van der Waals surface area contributed by atoms with Gasteiger partial charge in [0.15, 0.2) is 0 Å². The number of urea groups is 1. The zero-order chi connectivity index (χ0) is 16.8. The van der Waals surface area contributed by atoms with Crippen molar-refractivity contribution in [3.05, 3.63) is 23.2 Å². The van der Waals surface area contributed by atoms with Crippen LogP contribution in [0.2, 0.25) is 5.02 Å². The molecule has 0 saturated carbocycles. The molecule has 0 unspecified atom stereocenters. The second-order valence-corrected chi connectivity index (χ2v) is 6.06. The topological polar surface area (TPSA) is 71.0 Å². The number of halogens is 1. The molecule has 1 aliphatic rings. The molecule has 0 bridgehead atoms. The molecule has 0 aromatic heterocycles. The van der Waals surface area contributed by atoms with Gasteiger partial charge in [0, 0.05) is 18.7 Å². The van der Waals surface area contributed by atoms with Crippen LogP contribution in [-0.4, -0.2) is 55.1 Å². The Morgan fingerprint density at radius 2 is 2.35 bits per heavy atom. The fourth-order valence-corrected chi connectivity index (χ4v) is 2.84. The minimum absolute atomic E-state index is 0.0306. The van der Waals surface area contributed by atoms with Gasteiger partial charge in [-0.3, -0.25) is 0 Å². The van der Waals surface area contributed by atoms with Crippen LogP contribution in [0.3, 0.4) is 0 Å². The maximum Gasteiger partial charge on any atom is 0.322 e. The molecule has 1 heterocycles. The van der Waals surface area contributed by atoms with E-state index in [2.05, 4.69) is 5.32 Å². The predicted molar refractivity (Wildman–Crippen MR) is 89.3 cm³/mol. The van der Waals surface area contributed by atoms with Gasteiger partial charge in [-0.05, 0) is 38.0 Å². The number of carbonyl (C=O) groups is 1. The Morgan fingerprint density at radius 1 is 1.57 bits per heavy atom. The molecule has 7 heteroatoms. The molecular weight excluding hydrogens is 320 g/mol. The van der Waals surface area contributed by atoms with Crippen molar-refractivity contribution in [3.8, 4) is 5.75 Å². The number of nitrogens with zero attached hydrogens (tertiary/aromatic N) is 1. The van der Waals surface area contributed by atoms with Crippen molar-refractivity contribution >= 4 is 23.3 Å². The molecular formula is C16H23ClN2O4. The van der Waals surface area contributed by atoms with Gasteiger partial charge < -0.3 is 24.8 Å². The molecule has 0 radical (unpaired) electrons. The maximum atomic E-state index is 12.4. The molecule has 0 aliphatic carbocycles. The zero-order valence-electron chi connectivity index (χ0n) is 13.4. The van der Waals surface area contributed by atoms with E-state index in [-0.39, 0.29) is 24.8 Å². The average Bonchev–Trinajstić information content (AvgIpc) is 2.99. The third-order valence-electron chi connectivity index (χ3n) is 3.76. The number of nitrogens with one attached hydrogen (secondary N) is 1. The molecule has 128 valence electrons. The predicted octanol–water partition coefficient (Wildman–Crippen LogP) is 2.74. The normalized spacial score (nSPS) is 18.8. The van der Waals surface area contributed by atoms with Crippen LogP contribution in [0.4, 0.5) is 10.5 Å². The standard InChI is InChI=1S/C16H23ClN2O4/c1-11(10-22-2)23-15-6-5-12(17)8-14(15)18-16(21)19-7-3-4-13(19)9-20/h5-6,8,11,13,20H,3-4,7,9-10H2,1-2H3,(H,18,21)/t11-,13+/m0/s1. The molecule has 6 nitrogen and oxygen atoms in total. The van der Waals surface area contributed by atoms with Gasteiger partial charge in [0.25, 0.3) is 0 Å². The van der Waals surface area contributed by atoms with Crippen molar-refractivity contribution in [1.82, 2.24) is 4.90 Å². The van der Waals surface area contributed by atoms with E-state index in [4.69, 9.17) is 21.1 Å². The first-order valence-corrected chi connectivity index (χ1v) is 8.06. The highest BCUT2D eigenvalue weighted by atomic mass is 35.5. The fourth-order valence-electron chi connectivity index (χ4n) is 2.67. The van der Waals surface area contributed by atoms with Crippen LogP contribution in [0.5, 0.6) is 5.75 Å². The van der Waals surface area contributed by atoms with E-state index in [1.807, 2.05) is 6.92 Å². The Morgan fingerprint density at radius 3 is 3.04 bits per heavy atom. The van der Waals surface area contributed by atoms with Gasteiger partial charge in [-0.1, -0.05) is 11.6 Å². The summed E-state index contributed by atoms with van der Waals surface area (Å²) in [5.41, 5.74) is 0.508. The number of methoxy groups -OCH3 is 1. The van der Waals surface area contributed by atoms with Crippen molar-refractivity contribution in [2.45, 2.75) is 31.9 Å². The number of carbonyl (C=O) groups excluding carboxylic acids is 1. The maximum absolute atomic E-state index is 12.4. The van der Waals surface area contributed by atoms with Gasteiger partial charge in [0.05, 0.1) is 24.9 Å². The quantitative estimate of drug-likeness (QED) is 0.834. The Balaban J connectivity index is 2.11. The first-order chi connectivity index (χ1) is 11.0. The third-order valence-corrected chi connectivity index (χ3v) is 4.00. The number of likely N-dealkylation sites (tertiary alicyclic amines) is 1. The number of ether oxygens (including phenoxy) is 2. The van der Waals surface area contributed by atoms with E-state index in [0.717, 1.165) is 12.8 Å². The number of benzene rings is 1. The second kappa shape index (κ2) is 8.38. The Labute approximate surface area is 141 Å². The highest BCUT2D eigenvalue weighted by molar-refractivity contribution is 6.31. The van der Waals surface area contributed by atoms with Gasteiger partial charge in [0.2, 0.25) is 0 Å². The highest BCUT2D eigenvalue weighted by Crippen LogP contribution is 2.30. The van der Waals surface area contributed by atoms with Crippen LogP contribution in [0.25, 0.3) is 0 Å². The van der Waals surface area contributed by atoms with Crippen LogP contribution < -0.4 is 10.1 Å². The largest absolute Gasteiger partial charge is 0.486 e. The Bertz CT molecular complexity index is 541. The van der Waals surface area contributed by atoms with Crippen LogP contribution in [0, 0.1) is 0 Å². The first kappa shape index (κ1) is 17.8. The third kappa shape index (κ3) is 4.73. The number of aliphatic hydroxyl groups excluding tert-OH is 1. The molecule has 2 amide bonds. The van der Waals surface area contributed by atoms with Crippen LogP contribution in [0.1, 0.15) is 19.8 Å². The summed E-state index contributed by atoms with van der Waals surface area (Å²) in [6.45, 7) is 2.92. The van der Waals surface area contributed by atoms with Gasteiger partial charge >= 0.3 is 6.03 Å². The highest BCUT2D eigenvalue weighted by Gasteiger charge is 2.28. The molecule has 2 atom stereocenters. The van der Waals surface area contributed by atoms with Crippen LogP contribution in [-0.2, 0) is 4.74 Å². The van der Waals surface area contributed by atoms with Gasteiger partial charge in [-0.15, -0.1) is 0 Å². The van der Waals surface area contributed by atoms with E-state index in [0.29, 0.717) is 29.6 Å². The molecule has 23 heavy (non-hydrogen) atoms. The van der Waals surface area contributed by atoms with E-state index >= 15 is 0 Å². The van der Waals surface area contributed by atoms with E-state index in [9.17, 15) is 9.90 Å². The summed E-state index contributed by atoms with van der Waals surface area (Å²) in [7, 11) is 1.60. The lowest BCUT2D eigenvalue weighted by Gasteiger charge is -2.24. The number of rotatable bonds is 6. The van der Waals surface area contributed by atoms with Crippen molar-refractivity contribution < 1.29 is 19.4 Å². The van der Waals surface area contributed by atoms with Crippen molar-refractivity contribution in [3.63, 3.8) is 0 Å². The van der Waals surface area contributed by atoms with E-state index < -0.39 is 0 Å². The minimum atomic E-state index is -0.256. The van der Waals surface area contributed by atoms with Gasteiger partial charge in [-0.25, -0.2) is 4.79 Å². The molecule has 2 N–H and O–H groups in total. The summed E-state index contributed by atoms with van der Waals surface area (Å²) in [4.78, 5) is 14.1. The number of amides is 2. The molecule has 1 aromatic carbocycles. The summed E-state index contributed by atoms with van der Waals surface area (Å²) >= 11 is 6.03. The molecule has 1 fully saturated rings. The SMILES string of the molecule is COC[C@H](C)Oc1ccc(Cl)cc1NC(=O)N1CCC[C@@H]1CO. The smallest absolute Gasteiger partial charge is 0.322 e. The second-order valence-electron chi connectivity index (χ2n) is 5.63. The number of aliphatic hydroxyl groups is 1. The van der Waals surface area contributed by atoms with Crippen LogP contribution in [0.15, 0.2) is 18.2 Å². The van der Waals surface area contributed by atoms with Crippen molar-refractivity contribution in [2.24, 2.45) is 0 Å². The summed E-state index contributed by atoms with van der Waals surface area (Å²) in [6.07, 6.45) is 1.55. The summed E-state index contributed by atoms with van der Waals surface area (Å²) in [5, 5.41) is 12.7. The summed E-state index contributed by atoms with van der Waals surface area (Å²) < 4.78 is 10.8. The van der Waals surface area contributed by atoms with E-state index in [1.165, 1.54) is 0 Å². The summed E-state index contributed by atoms with van der Waals surface area (Å²) in [6, 6.07) is 4.69. The van der Waals surface area contributed by atoms with E-state index in [1.54, 1.807) is 30.2 Å². The summed E-state index contributed by atoms with van der Waals surface area (Å²) in [5.74, 6) is 0.534. The van der Waals surface area contributed by atoms with Crippen LogP contribution >= 0.6 is 11.6 Å². The molecule has 2 rings (SSSR count). The zero-order valence-corrected chi connectivity index (χ0v) is 14.2. The number of anilines is 1. The molecule has 0 spiro atoms. The van der Waals surface area contributed by atoms with Gasteiger partial charge in [0.1, 0.15) is 11.9 Å². The first-order valence-electron chi connectivity index (χ1n) is 7.68. The molecule has 1 aliphatic heterocycles. The molecule has 1 saturated heterocycles. The fraction of sp³-hybridized carbons (Fsp3) is 0.562. The Hall–Kier alpha value is -1.50. The monoisotopic (exact) mass is 342 g/mol. The Kier molecular flexibility index (Phi) is 6.50. The average molecular weight is 343 g/mol. The lowest BCUT2D eigenvalue weighted by molar-refractivity contribution is 0.0925. The number of hydrogen-bond donors (Lipinski definition) is 2. The van der Waals surface area contributed by atoms with Gasteiger partial charge in [-0.2, -0.15) is 0 Å². The number of hydrogen-bond acceptors (Lipinski definition) is 4. The lowest BCUT2D eigenvalue weighted by atomic mass is 10.2. The lowest BCUT2D eigenvalue weighted by Crippen LogP contribution is -2.40. The van der Waals surface area contributed by atoms with Crippen molar-refractivity contribution in [2.75, 3.05) is 32.2 Å².